The average molecular weight is 386 g/mol. The largest absolute Gasteiger partial charge is 0.398 e. The SMILES string of the molecule is Cc1ccc(N2CC(C(=O)N3CCCc4c(N)cccc43)CC2=O)cc1.Cl. The van der Waals surface area contributed by atoms with E-state index in [1.165, 1.54) is 0 Å². The van der Waals surface area contributed by atoms with Gasteiger partial charge in [0.1, 0.15) is 0 Å². The van der Waals surface area contributed by atoms with E-state index in [0.29, 0.717) is 13.1 Å². The van der Waals surface area contributed by atoms with Crippen LogP contribution in [0.5, 0.6) is 0 Å². The molecule has 0 spiro atoms. The lowest BCUT2D eigenvalue weighted by atomic mass is 9.97. The van der Waals surface area contributed by atoms with Crippen molar-refractivity contribution in [3.63, 3.8) is 0 Å². The van der Waals surface area contributed by atoms with E-state index in [0.717, 1.165) is 41.0 Å². The summed E-state index contributed by atoms with van der Waals surface area (Å²) in [5.41, 5.74) is 10.8. The molecular formula is C21H24ClN3O2. The Balaban J connectivity index is 0.00000210. The van der Waals surface area contributed by atoms with Crippen molar-refractivity contribution >= 4 is 41.3 Å². The number of benzene rings is 2. The van der Waals surface area contributed by atoms with Crippen LogP contribution in [-0.4, -0.2) is 24.9 Å². The topological polar surface area (TPSA) is 66.6 Å². The van der Waals surface area contributed by atoms with Gasteiger partial charge in [0, 0.05) is 36.6 Å². The highest BCUT2D eigenvalue weighted by Crippen LogP contribution is 2.34. The third-order valence-electron chi connectivity index (χ3n) is 5.37. The second kappa shape index (κ2) is 7.61. The number of nitrogen functional groups attached to an aromatic ring is 1. The van der Waals surface area contributed by atoms with Crippen LogP contribution in [0.3, 0.4) is 0 Å². The highest BCUT2D eigenvalue weighted by atomic mass is 35.5. The molecular weight excluding hydrogens is 362 g/mol. The van der Waals surface area contributed by atoms with Crippen LogP contribution in [0, 0.1) is 12.8 Å². The first-order valence-corrected chi connectivity index (χ1v) is 9.10. The van der Waals surface area contributed by atoms with Crippen LogP contribution in [0.4, 0.5) is 17.1 Å². The summed E-state index contributed by atoms with van der Waals surface area (Å²) in [6, 6.07) is 13.6. The second-order valence-corrected chi connectivity index (χ2v) is 7.18. The number of nitrogens with two attached hydrogens (primary N) is 1. The fraction of sp³-hybridized carbons (Fsp3) is 0.333. The number of carbonyl (C=O) groups is 2. The van der Waals surface area contributed by atoms with Gasteiger partial charge < -0.3 is 15.5 Å². The van der Waals surface area contributed by atoms with Gasteiger partial charge in [0.25, 0.3) is 0 Å². The Morgan fingerprint density at radius 2 is 1.89 bits per heavy atom. The van der Waals surface area contributed by atoms with Crippen molar-refractivity contribution in [2.24, 2.45) is 5.92 Å². The maximum absolute atomic E-state index is 13.2. The first-order chi connectivity index (χ1) is 12.5. The van der Waals surface area contributed by atoms with Crippen molar-refractivity contribution in [2.45, 2.75) is 26.2 Å². The molecule has 2 aliphatic heterocycles. The minimum atomic E-state index is -0.309. The zero-order chi connectivity index (χ0) is 18.3. The molecule has 2 aromatic carbocycles. The molecule has 2 aromatic rings. The maximum atomic E-state index is 13.2. The summed E-state index contributed by atoms with van der Waals surface area (Å²) in [6.45, 7) is 3.14. The number of amides is 2. The molecule has 2 N–H and O–H groups in total. The van der Waals surface area contributed by atoms with E-state index < -0.39 is 0 Å². The van der Waals surface area contributed by atoms with Gasteiger partial charge in [0.2, 0.25) is 11.8 Å². The van der Waals surface area contributed by atoms with Gasteiger partial charge in [0.15, 0.2) is 0 Å². The molecule has 0 aromatic heterocycles. The summed E-state index contributed by atoms with van der Waals surface area (Å²) in [5, 5.41) is 0. The molecule has 2 amide bonds. The number of rotatable bonds is 2. The third kappa shape index (κ3) is 3.52. The molecule has 142 valence electrons. The highest BCUT2D eigenvalue weighted by molar-refractivity contribution is 6.05. The molecule has 0 radical (unpaired) electrons. The molecule has 1 saturated heterocycles. The molecule has 5 nitrogen and oxygen atoms in total. The minimum absolute atomic E-state index is 0. The first kappa shape index (κ1) is 19.2. The Morgan fingerprint density at radius 3 is 2.63 bits per heavy atom. The Hall–Kier alpha value is -2.53. The van der Waals surface area contributed by atoms with Gasteiger partial charge in [-0.1, -0.05) is 23.8 Å². The van der Waals surface area contributed by atoms with Gasteiger partial charge in [-0.05, 0) is 49.6 Å². The Labute approximate surface area is 165 Å². The summed E-state index contributed by atoms with van der Waals surface area (Å²) in [5.74, 6) is -0.271. The molecule has 1 fully saturated rings. The number of halogens is 1. The smallest absolute Gasteiger partial charge is 0.232 e. The summed E-state index contributed by atoms with van der Waals surface area (Å²) in [4.78, 5) is 29.2. The number of fused-ring (bicyclic) bond motifs is 1. The quantitative estimate of drug-likeness (QED) is 0.806. The number of anilines is 3. The van der Waals surface area contributed by atoms with Crippen molar-refractivity contribution < 1.29 is 9.59 Å². The zero-order valence-corrected chi connectivity index (χ0v) is 16.2. The average Bonchev–Trinajstić information content (AvgIpc) is 3.03. The normalized spacial score (nSPS) is 18.9. The molecule has 27 heavy (non-hydrogen) atoms. The maximum Gasteiger partial charge on any atom is 0.232 e. The third-order valence-corrected chi connectivity index (χ3v) is 5.37. The molecule has 0 saturated carbocycles. The molecule has 0 aliphatic carbocycles. The number of nitrogens with zero attached hydrogens (tertiary/aromatic N) is 2. The summed E-state index contributed by atoms with van der Waals surface area (Å²) >= 11 is 0. The highest BCUT2D eigenvalue weighted by Gasteiger charge is 2.38. The lowest BCUT2D eigenvalue weighted by molar-refractivity contribution is -0.124. The number of hydrogen-bond acceptors (Lipinski definition) is 3. The van der Waals surface area contributed by atoms with Gasteiger partial charge in [-0.25, -0.2) is 0 Å². The molecule has 4 rings (SSSR count). The number of aryl methyl sites for hydroxylation is 1. The summed E-state index contributed by atoms with van der Waals surface area (Å²) in [7, 11) is 0. The van der Waals surface area contributed by atoms with Gasteiger partial charge in [-0.15, -0.1) is 12.4 Å². The number of carbonyl (C=O) groups excluding carboxylic acids is 2. The zero-order valence-electron chi connectivity index (χ0n) is 15.4. The van der Waals surface area contributed by atoms with Gasteiger partial charge >= 0.3 is 0 Å². The van der Waals surface area contributed by atoms with Crippen molar-refractivity contribution in [1.82, 2.24) is 0 Å². The van der Waals surface area contributed by atoms with Crippen LogP contribution in [-0.2, 0) is 16.0 Å². The summed E-state index contributed by atoms with van der Waals surface area (Å²) in [6.07, 6.45) is 2.06. The van der Waals surface area contributed by atoms with Crippen molar-refractivity contribution in [3.05, 3.63) is 53.6 Å². The lowest BCUT2D eigenvalue weighted by Crippen LogP contribution is -2.40. The van der Waals surface area contributed by atoms with E-state index in [-0.39, 0.29) is 36.6 Å². The van der Waals surface area contributed by atoms with Crippen LogP contribution in [0.25, 0.3) is 0 Å². The fourth-order valence-electron chi connectivity index (χ4n) is 3.95. The predicted molar refractivity (Wildman–Crippen MR) is 110 cm³/mol. The van der Waals surface area contributed by atoms with Crippen molar-refractivity contribution in [1.29, 1.82) is 0 Å². The van der Waals surface area contributed by atoms with E-state index in [4.69, 9.17) is 5.73 Å². The van der Waals surface area contributed by atoms with E-state index in [9.17, 15) is 9.59 Å². The van der Waals surface area contributed by atoms with Gasteiger partial charge in [0.05, 0.1) is 5.92 Å². The van der Waals surface area contributed by atoms with Crippen molar-refractivity contribution in [2.75, 3.05) is 28.6 Å². The lowest BCUT2D eigenvalue weighted by Gasteiger charge is -2.32. The van der Waals surface area contributed by atoms with Crippen molar-refractivity contribution in [3.8, 4) is 0 Å². The molecule has 6 heteroatoms. The van der Waals surface area contributed by atoms with E-state index >= 15 is 0 Å². The van der Waals surface area contributed by atoms with Crippen LogP contribution in [0.15, 0.2) is 42.5 Å². The van der Waals surface area contributed by atoms with Gasteiger partial charge in [-0.3, -0.25) is 9.59 Å². The van der Waals surface area contributed by atoms with Crippen LogP contribution < -0.4 is 15.5 Å². The predicted octanol–water partition coefficient (Wildman–Crippen LogP) is 3.33. The summed E-state index contributed by atoms with van der Waals surface area (Å²) < 4.78 is 0. The Kier molecular flexibility index (Phi) is 5.42. The number of hydrogen-bond donors (Lipinski definition) is 1. The Bertz CT molecular complexity index is 866. The molecule has 2 aliphatic rings. The van der Waals surface area contributed by atoms with E-state index in [1.54, 1.807) is 4.90 Å². The Morgan fingerprint density at radius 1 is 1.15 bits per heavy atom. The monoisotopic (exact) mass is 385 g/mol. The second-order valence-electron chi connectivity index (χ2n) is 7.18. The van der Waals surface area contributed by atoms with E-state index in [1.807, 2.05) is 54.3 Å². The van der Waals surface area contributed by atoms with Crippen LogP contribution in [0.2, 0.25) is 0 Å². The van der Waals surface area contributed by atoms with Crippen LogP contribution >= 0.6 is 12.4 Å². The minimum Gasteiger partial charge on any atom is -0.398 e. The fourth-order valence-corrected chi connectivity index (χ4v) is 3.95. The molecule has 1 unspecified atom stereocenters. The molecule has 0 bridgehead atoms. The molecule has 1 atom stereocenters. The first-order valence-electron chi connectivity index (χ1n) is 9.10. The van der Waals surface area contributed by atoms with E-state index in [2.05, 4.69) is 0 Å². The molecule has 2 heterocycles. The standard InChI is InChI=1S/C21H23N3O2.ClH/c1-14-7-9-16(10-8-14)24-13-15(12-20(24)25)21(26)23-11-3-4-17-18(22)5-2-6-19(17)23;/h2,5-10,15H,3-4,11-13,22H2,1H3;1H. The van der Waals surface area contributed by atoms with Gasteiger partial charge in [-0.2, -0.15) is 0 Å². The van der Waals surface area contributed by atoms with Crippen LogP contribution in [0.1, 0.15) is 24.0 Å².